The molecule has 5 aromatic carbocycles. The Balaban J connectivity index is 1.26. The van der Waals surface area contributed by atoms with Crippen molar-refractivity contribution in [3.63, 3.8) is 0 Å². The number of hydrogen-bond donors (Lipinski definition) is 0. The molecule has 58 heavy (non-hydrogen) atoms. The molecule has 2 aliphatic carbocycles. The van der Waals surface area contributed by atoms with Gasteiger partial charge >= 0.3 is 0 Å². The molecule has 6 nitrogen and oxygen atoms in total. The number of pyridine rings is 2. The lowest BCUT2D eigenvalue weighted by atomic mass is 9.79. The molecule has 0 N–H and O–H groups in total. The smallest absolute Gasteiger partial charge is 0.164 e. The second-order valence-corrected chi connectivity index (χ2v) is 15.7. The zero-order valence-corrected chi connectivity index (χ0v) is 32.2. The largest absolute Gasteiger partial charge is 0.311 e. The number of fused-ring (bicyclic) bond motifs is 7. The van der Waals surface area contributed by atoms with Crippen LogP contribution in [-0.2, 0) is 5.41 Å². The quantitative estimate of drug-likeness (QED) is 0.169. The number of hydrogen-bond acceptors (Lipinski definition) is 5. The van der Waals surface area contributed by atoms with E-state index in [2.05, 4.69) is 156 Å². The first kappa shape index (κ1) is 34.0. The summed E-state index contributed by atoms with van der Waals surface area (Å²) < 4.78 is 2.60. The number of para-hydroxylation sites is 1. The Morgan fingerprint density at radius 3 is 1.84 bits per heavy atom. The van der Waals surface area contributed by atoms with Crippen molar-refractivity contribution in [3.8, 4) is 33.9 Å². The minimum atomic E-state index is -0.145. The maximum atomic E-state index is 5.22. The molecule has 0 spiro atoms. The Bertz CT molecular complexity index is 3030. The van der Waals surface area contributed by atoms with Gasteiger partial charge in [-0.05, 0) is 76.2 Å². The van der Waals surface area contributed by atoms with Crippen molar-refractivity contribution in [2.75, 3.05) is 0 Å². The van der Waals surface area contributed by atoms with Crippen molar-refractivity contribution in [3.05, 3.63) is 205 Å². The Labute approximate surface area is 337 Å². The lowest BCUT2D eigenvalue weighted by molar-refractivity contribution is 0.661. The molecule has 4 aromatic heterocycles. The van der Waals surface area contributed by atoms with E-state index in [0.29, 0.717) is 23.9 Å². The van der Waals surface area contributed by atoms with Crippen LogP contribution >= 0.6 is 0 Å². The van der Waals surface area contributed by atoms with Gasteiger partial charge in [-0.2, -0.15) is 0 Å². The van der Waals surface area contributed by atoms with Crippen LogP contribution in [0.3, 0.4) is 0 Å². The van der Waals surface area contributed by atoms with Gasteiger partial charge in [0.25, 0.3) is 0 Å². The molecule has 0 radical (unpaired) electrons. The van der Waals surface area contributed by atoms with Crippen molar-refractivity contribution in [2.45, 2.75) is 31.6 Å². The average molecular weight is 747 g/mol. The highest BCUT2D eigenvalue weighted by atomic mass is 15.0. The molecule has 276 valence electrons. The molecule has 0 aliphatic heterocycles. The van der Waals surface area contributed by atoms with Crippen LogP contribution in [0.25, 0.3) is 72.6 Å². The maximum Gasteiger partial charge on any atom is 0.164 e. The summed E-state index contributed by atoms with van der Waals surface area (Å²) in [5.41, 5.74) is 15.2. The first-order chi connectivity index (χ1) is 28.5. The van der Waals surface area contributed by atoms with E-state index in [1.54, 1.807) is 24.8 Å². The summed E-state index contributed by atoms with van der Waals surface area (Å²) in [6.07, 6.45) is 10.1. The van der Waals surface area contributed by atoms with E-state index in [1.807, 2.05) is 24.3 Å². The molecule has 6 heteroatoms. The summed E-state index contributed by atoms with van der Waals surface area (Å²) in [5, 5.41) is 2.50. The molecular weight excluding hydrogens is 709 g/mol. The van der Waals surface area contributed by atoms with E-state index in [-0.39, 0.29) is 11.3 Å². The number of benzene rings is 5. The summed E-state index contributed by atoms with van der Waals surface area (Å²) in [4.78, 5) is 24.0. The molecule has 0 amide bonds. The molecule has 9 aromatic rings. The molecule has 0 fully saturated rings. The standard InChI is InChI=1S/C52H38N6/c1-52(2)43-19-11-9-18-40(43)46-44(52)22-21-39-38-17-10-12-20-45(38)58(48(39)46)47-41(33-13-5-3-6-14-33)31-37(32-42(47)34-15-7-4-8-16-34)51-56-49(35-23-27-53-28-24-35)55-50(57-51)36-25-29-54-30-26-36/h3-31,42H,32H2,1-2H3. The summed E-state index contributed by atoms with van der Waals surface area (Å²) >= 11 is 0. The van der Waals surface area contributed by atoms with Crippen molar-refractivity contribution < 1.29 is 0 Å². The van der Waals surface area contributed by atoms with Crippen LogP contribution < -0.4 is 0 Å². The lowest BCUT2D eigenvalue weighted by Crippen LogP contribution is -2.17. The summed E-state index contributed by atoms with van der Waals surface area (Å²) in [5.74, 6) is 1.81. The topological polar surface area (TPSA) is 69.4 Å². The Hall–Kier alpha value is -7.31. The fourth-order valence-corrected chi connectivity index (χ4v) is 9.33. The summed E-state index contributed by atoms with van der Waals surface area (Å²) in [6.45, 7) is 4.73. The van der Waals surface area contributed by atoms with Crippen molar-refractivity contribution >= 4 is 38.6 Å². The number of allylic oxidation sites excluding steroid dienone is 4. The van der Waals surface area contributed by atoms with Gasteiger partial charge in [-0.1, -0.05) is 129 Å². The summed E-state index contributed by atoms with van der Waals surface area (Å²) in [6, 6.07) is 52.2. The van der Waals surface area contributed by atoms with Crippen molar-refractivity contribution in [2.24, 2.45) is 0 Å². The van der Waals surface area contributed by atoms with E-state index >= 15 is 0 Å². The van der Waals surface area contributed by atoms with Gasteiger partial charge in [-0.3, -0.25) is 9.97 Å². The number of rotatable bonds is 6. The highest BCUT2D eigenvalue weighted by Gasteiger charge is 2.39. The fourth-order valence-electron chi connectivity index (χ4n) is 9.33. The molecule has 0 bridgehead atoms. The number of aromatic nitrogens is 6. The van der Waals surface area contributed by atoms with E-state index in [0.717, 1.165) is 27.8 Å². The molecule has 4 heterocycles. The Kier molecular flexibility index (Phi) is 7.86. The summed E-state index contributed by atoms with van der Waals surface area (Å²) in [7, 11) is 0. The first-order valence-electron chi connectivity index (χ1n) is 19.8. The van der Waals surface area contributed by atoms with Gasteiger partial charge in [0.05, 0.1) is 11.0 Å². The average Bonchev–Trinajstić information content (AvgIpc) is 3.75. The second kappa shape index (κ2) is 13.4. The predicted octanol–water partition coefficient (Wildman–Crippen LogP) is 12.0. The van der Waals surface area contributed by atoms with Crippen LogP contribution in [0.5, 0.6) is 0 Å². The highest BCUT2D eigenvalue weighted by molar-refractivity contribution is 6.18. The van der Waals surface area contributed by atoms with E-state index in [1.165, 1.54) is 55.3 Å². The molecule has 1 atom stereocenters. The lowest BCUT2D eigenvalue weighted by Gasteiger charge is -2.31. The minimum absolute atomic E-state index is 0.0542. The third-order valence-electron chi connectivity index (χ3n) is 12.1. The van der Waals surface area contributed by atoms with Gasteiger partial charge < -0.3 is 4.57 Å². The van der Waals surface area contributed by atoms with E-state index in [9.17, 15) is 0 Å². The molecular formula is C52H38N6. The number of nitrogens with zero attached hydrogens (tertiary/aromatic N) is 6. The van der Waals surface area contributed by atoms with Crippen LogP contribution in [0, 0.1) is 0 Å². The minimum Gasteiger partial charge on any atom is -0.311 e. The van der Waals surface area contributed by atoms with Crippen LogP contribution in [0.4, 0.5) is 0 Å². The zero-order valence-electron chi connectivity index (χ0n) is 32.2. The van der Waals surface area contributed by atoms with Crippen LogP contribution in [0.1, 0.15) is 54.3 Å². The van der Waals surface area contributed by atoms with E-state index < -0.39 is 0 Å². The molecule has 0 saturated carbocycles. The normalized spacial score (nSPS) is 15.7. The van der Waals surface area contributed by atoms with Gasteiger partial charge in [0.15, 0.2) is 17.5 Å². The maximum absolute atomic E-state index is 5.22. The Morgan fingerprint density at radius 2 is 1.14 bits per heavy atom. The predicted molar refractivity (Wildman–Crippen MR) is 235 cm³/mol. The van der Waals surface area contributed by atoms with Crippen LogP contribution in [0.2, 0.25) is 0 Å². The van der Waals surface area contributed by atoms with Crippen LogP contribution in [-0.4, -0.2) is 29.5 Å². The monoisotopic (exact) mass is 746 g/mol. The first-order valence-corrected chi connectivity index (χ1v) is 19.8. The van der Waals surface area contributed by atoms with Gasteiger partial charge in [0, 0.05) is 74.9 Å². The molecule has 11 rings (SSSR count). The SMILES string of the molecule is CC1(C)c2ccccc2-c2c1ccc1c3ccccc3n(C3=C(c4ccccc4)C=C(c4nc(-c5ccncc5)nc(-c5ccncc5)n4)CC3c3ccccc3)c21. The van der Waals surface area contributed by atoms with E-state index in [4.69, 9.17) is 15.0 Å². The Morgan fingerprint density at radius 1 is 0.534 bits per heavy atom. The highest BCUT2D eigenvalue weighted by Crippen LogP contribution is 2.55. The zero-order chi connectivity index (χ0) is 38.8. The molecule has 2 aliphatic rings. The molecule has 1 unspecified atom stereocenters. The van der Waals surface area contributed by atoms with Crippen LogP contribution in [0.15, 0.2) is 176 Å². The van der Waals surface area contributed by atoms with Gasteiger partial charge in [0.2, 0.25) is 0 Å². The van der Waals surface area contributed by atoms with Crippen molar-refractivity contribution in [1.82, 2.24) is 29.5 Å². The molecule has 0 saturated heterocycles. The fraction of sp³-hybridized carbons (Fsp3) is 0.0962. The third-order valence-corrected chi connectivity index (χ3v) is 12.1. The third kappa shape index (κ3) is 5.36. The van der Waals surface area contributed by atoms with Gasteiger partial charge in [-0.15, -0.1) is 0 Å². The van der Waals surface area contributed by atoms with Gasteiger partial charge in [-0.25, -0.2) is 15.0 Å². The van der Waals surface area contributed by atoms with Gasteiger partial charge in [0.1, 0.15) is 0 Å². The van der Waals surface area contributed by atoms with Crippen molar-refractivity contribution in [1.29, 1.82) is 0 Å². The second-order valence-electron chi connectivity index (χ2n) is 15.7.